The quantitative estimate of drug-likeness (QED) is 0.674. The average molecular weight is 219 g/mol. The van der Waals surface area contributed by atoms with Crippen molar-refractivity contribution in [2.75, 3.05) is 11.9 Å². The van der Waals surface area contributed by atoms with Crippen molar-refractivity contribution in [2.45, 2.75) is 19.4 Å². The normalized spacial score (nSPS) is 19.8. The molecule has 1 amide bonds. The number of aldehydes is 1. The predicted molar refractivity (Wildman–Crippen MR) is 59.9 cm³/mol. The molecule has 0 saturated carbocycles. The lowest BCUT2D eigenvalue weighted by Crippen LogP contribution is -2.27. The molecule has 0 aromatic heterocycles. The molecule has 2 rings (SSSR count). The fraction of sp³-hybridized carbons (Fsp3) is 0.333. The first-order chi connectivity index (χ1) is 7.61. The largest absolute Gasteiger partial charge is 0.488 e. The van der Waals surface area contributed by atoms with Gasteiger partial charge < -0.3 is 9.64 Å². The molecule has 0 N–H and O–H groups in total. The van der Waals surface area contributed by atoms with Gasteiger partial charge in [-0.1, -0.05) is 0 Å². The Bertz CT molecular complexity index is 442. The third kappa shape index (κ3) is 1.78. The SMILES string of the molecule is CC1CC(=O)N(C)c2cc(C=O)ccc2O1. The van der Waals surface area contributed by atoms with E-state index in [1.165, 1.54) is 4.90 Å². The maximum atomic E-state index is 11.7. The van der Waals surface area contributed by atoms with Crippen molar-refractivity contribution in [3.8, 4) is 5.75 Å². The first kappa shape index (κ1) is 10.7. The summed E-state index contributed by atoms with van der Waals surface area (Å²) in [5.74, 6) is 0.640. The Morgan fingerprint density at radius 1 is 1.50 bits per heavy atom. The molecule has 0 radical (unpaired) electrons. The highest BCUT2D eigenvalue weighted by molar-refractivity contribution is 5.96. The molecule has 0 fully saturated rings. The Kier molecular flexibility index (Phi) is 2.64. The van der Waals surface area contributed by atoms with E-state index in [0.717, 1.165) is 6.29 Å². The number of ether oxygens (including phenoxy) is 1. The maximum Gasteiger partial charge on any atom is 0.230 e. The van der Waals surface area contributed by atoms with Crippen molar-refractivity contribution < 1.29 is 14.3 Å². The summed E-state index contributed by atoms with van der Waals surface area (Å²) in [6.07, 6.45) is 0.965. The highest BCUT2D eigenvalue weighted by Gasteiger charge is 2.24. The van der Waals surface area contributed by atoms with E-state index >= 15 is 0 Å². The van der Waals surface area contributed by atoms with Gasteiger partial charge in [-0.15, -0.1) is 0 Å². The smallest absolute Gasteiger partial charge is 0.230 e. The highest BCUT2D eigenvalue weighted by Crippen LogP contribution is 2.32. The minimum Gasteiger partial charge on any atom is -0.488 e. The molecule has 0 aliphatic carbocycles. The van der Waals surface area contributed by atoms with E-state index in [-0.39, 0.29) is 12.0 Å². The number of nitrogens with zero attached hydrogens (tertiary/aromatic N) is 1. The average Bonchev–Trinajstić information content (AvgIpc) is 2.37. The molecule has 0 saturated heterocycles. The minimum absolute atomic E-state index is 0.00528. The molecule has 1 aliphatic heterocycles. The predicted octanol–water partition coefficient (Wildman–Crippen LogP) is 1.63. The minimum atomic E-state index is -0.140. The highest BCUT2D eigenvalue weighted by atomic mass is 16.5. The Hall–Kier alpha value is -1.84. The molecule has 1 atom stereocenters. The van der Waals surface area contributed by atoms with Crippen molar-refractivity contribution in [1.29, 1.82) is 0 Å². The number of amides is 1. The van der Waals surface area contributed by atoms with Crippen LogP contribution in [0.1, 0.15) is 23.7 Å². The van der Waals surface area contributed by atoms with Crippen molar-refractivity contribution in [2.24, 2.45) is 0 Å². The van der Waals surface area contributed by atoms with Crippen molar-refractivity contribution in [3.63, 3.8) is 0 Å². The molecule has 16 heavy (non-hydrogen) atoms. The summed E-state index contributed by atoms with van der Waals surface area (Å²) < 4.78 is 5.62. The van der Waals surface area contributed by atoms with E-state index in [1.807, 2.05) is 6.92 Å². The number of anilines is 1. The van der Waals surface area contributed by atoms with Crippen molar-refractivity contribution >= 4 is 17.9 Å². The van der Waals surface area contributed by atoms with Gasteiger partial charge in [-0.05, 0) is 25.1 Å². The molecule has 0 spiro atoms. The number of carbonyl (C=O) groups is 2. The number of fused-ring (bicyclic) bond motifs is 1. The molecule has 1 aliphatic rings. The Labute approximate surface area is 93.8 Å². The molecule has 1 heterocycles. The van der Waals surface area contributed by atoms with Gasteiger partial charge in [0.2, 0.25) is 5.91 Å². The maximum absolute atomic E-state index is 11.7. The van der Waals surface area contributed by atoms with Crippen molar-refractivity contribution in [3.05, 3.63) is 23.8 Å². The summed E-state index contributed by atoms with van der Waals surface area (Å²) in [6, 6.07) is 5.07. The van der Waals surface area contributed by atoms with Gasteiger partial charge in [0.05, 0.1) is 12.1 Å². The molecular weight excluding hydrogens is 206 g/mol. The molecule has 0 bridgehead atoms. The Morgan fingerprint density at radius 3 is 2.94 bits per heavy atom. The summed E-state index contributed by atoms with van der Waals surface area (Å²) in [5.41, 5.74) is 1.19. The van der Waals surface area contributed by atoms with Gasteiger partial charge in [-0.3, -0.25) is 9.59 Å². The summed E-state index contributed by atoms with van der Waals surface area (Å²) in [4.78, 5) is 24.0. The Morgan fingerprint density at radius 2 is 2.25 bits per heavy atom. The van der Waals surface area contributed by atoms with Gasteiger partial charge in [0.25, 0.3) is 0 Å². The molecule has 84 valence electrons. The molecule has 1 aromatic carbocycles. The standard InChI is InChI=1S/C12H13NO3/c1-8-5-12(15)13(2)10-6-9(7-14)3-4-11(10)16-8/h3-4,6-8H,5H2,1-2H3. The third-order valence-corrected chi connectivity index (χ3v) is 2.64. The van der Waals surface area contributed by atoms with Gasteiger partial charge in [-0.25, -0.2) is 0 Å². The van der Waals surface area contributed by atoms with Crippen LogP contribution in [0.5, 0.6) is 5.75 Å². The van der Waals surface area contributed by atoms with Crippen LogP contribution in [0.2, 0.25) is 0 Å². The van der Waals surface area contributed by atoms with Crippen LogP contribution in [0.25, 0.3) is 0 Å². The van der Waals surface area contributed by atoms with Gasteiger partial charge in [0.1, 0.15) is 18.1 Å². The zero-order valence-corrected chi connectivity index (χ0v) is 9.27. The number of hydrogen-bond donors (Lipinski definition) is 0. The van der Waals surface area contributed by atoms with Gasteiger partial charge >= 0.3 is 0 Å². The van der Waals surface area contributed by atoms with E-state index in [2.05, 4.69) is 0 Å². The molecular formula is C12H13NO3. The summed E-state index contributed by atoms with van der Waals surface area (Å²) in [5, 5.41) is 0. The second kappa shape index (κ2) is 3.96. The topological polar surface area (TPSA) is 46.6 Å². The number of carbonyl (C=O) groups excluding carboxylic acids is 2. The number of benzene rings is 1. The second-order valence-electron chi connectivity index (χ2n) is 3.93. The third-order valence-electron chi connectivity index (χ3n) is 2.64. The number of hydrogen-bond acceptors (Lipinski definition) is 3. The lowest BCUT2D eigenvalue weighted by molar-refractivity contribution is -0.119. The van der Waals surface area contributed by atoms with Crippen LogP contribution < -0.4 is 9.64 Å². The second-order valence-corrected chi connectivity index (χ2v) is 3.93. The van der Waals surface area contributed by atoms with Crippen LogP contribution in [-0.2, 0) is 4.79 Å². The fourth-order valence-electron chi connectivity index (χ4n) is 1.75. The lowest BCUT2D eigenvalue weighted by atomic mass is 10.2. The van der Waals surface area contributed by atoms with Gasteiger partial charge in [0, 0.05) is 12.6 Å². The van der Waals surface area contributed by atoms with Crippen LogP contribution >= 0.6 is 0 Å². The van der Waals surface area contributed by atoms with E-state index in [0.29, 0.717) is 23.4 Å². The van der Waals surface area contributed by atoms with Crippen LogP contribution in [-0.4, -0.2) is 25.3 Å². The first-order valence-corrected chi connectivity index (χ1v) is 5.14. The summed E-state index contributed by atoms with van der Waals surface area (Å²) >= 11 is 0. The lowest BCUT2D eigenvalue weighted by Gasteiger charge is -2.16. The molecule has 4 heteroatoms. The summed E-state index contributed by atoms with van der Waals surface area (Å²) in [6.45, 7) is 1.86. The van der Waals surface area contributed by atoms with Gasteiger partial charge in [0.15, 0.2) is 0 Å². The van der Waals surface area contributed by atoms with E-state index in [4.69, 9.17) is 4.74 Å². The Balaban J connectivity index is 2.51. The van der Waals surface area contributed by atoms with E-state index in [1.54, 1.807) is 25.2 Å². The van der Waals surface area contributed by atoms with Crippen LogP contribution in [0, 0.1) is 0 Å². The van der Waals surface area contributed by atoms with Crippen LogP contribution in [0.15, 0.2) is 18.2 Å². The van der Waals surface area contributed by atoms with Crippen molar-refractivity contribution in [1.82, 2.24) is 0 Å². The first-order valence-electron chi connectivity index (χ1n) is 5.14. The van der Waals surface area contributed by atoms with E-state index in [9.17, 15) is 9.59 Å². The monoisotopic (exact) mass is 219 g/mol. The van der Waals surface area contributed by atoms with Gasteiger partial charge in [-0.2, -0.15) is 0 Å². The molecule has 1 unspecified atom stereocenters. The zero-order valence-electron chi connectivity index (χ0n) is 9.27. The van der Waals surface area contributed by atoms with Crippen LogP contribution in [0.3, 0.4) is 0 Å². The molecule has 1 aromatic rings. The zero-order chi connectivity index (χ0) is 11.7. The fourth-order valence-corrected chi connectivity index (χ4v) is 1.75. The summed E-state index contributed by atoms with van der Waals surface area (Å²) in [7, 11) is 1.69. The van der Waals surface area contributed by atoms with Crippen LogP contribution in [0.4, 0.5) is 5.69 Å². The number of rotatable bonds is 1. The van der Waals surface area contributed by atoms with E-state index < -0.39 is 0 Å². The molecule has 4 nitrogen and oxygen atoms in total.